The highest BCUT2D eigenvalue weighted by molar-refractivity contribution is 7.99. The smallest absolute Gasteiger partial charge is 0.326 e. The number of aliphatic hydroxyl groups is 1. The minimum Gasteiger partial charge on any atom is -0.480 e. The molecule has 0 spiro atoms. The normalized spacial score (nSPS) is 15.8. The van der Waals surface area contributed by atoms with Crippen LogP contribution in [0.3, 0.4) is 0 Å². The highest BCUT2D eigenvalue weighted by atomic mass is 32.2. The molecule has 10 heteroatoms. The SMILES string of the molecule is O=C(CSc1nnnn1C1CC1)N[C@@H](CCO)C(=O)O. The number of hydrogen-bond donors (Lipinski definition) is 3. The molecule has 1 fully saturated rings. The van der Waals surface area contributed by atoms with E-state index >= 15 is 0 Å². The van der Waals surface area contributed by atoms with Gasteiger partial charge < -0.3 is 15.5 Å². The third-order valence-corrected chi connectivity index (χ3v) is 3.67. The average molecular weight is 301 g/mol. The van der Waals surface area contributed by atoms with E-state index in [9.17, 15) is 9.59 Å². The van der Waals surface area contributed by atoms with Gasteiger partial charge in [0.1, 0.15) is 6.04 Å². The first-order chi connectivity index (χ1) is 9.61. The molecule has 1 saturated carbocycles. The van der Waals surface area contributed by atoms with Gasteiger partial charge in [0.25, 0.3) is 0 Å². The summed E-state index contributed by atoms with van der Waals surface area (Å²) in [7, 11) is 0. The van der Waals surface area contributed by atoms with Crippen LogP contribution in [0.25, 0.3) is 0 Å². The van der Waals surface area contributed by atoms with Crippen LogP contribution in [0.5, 0.6) is 0 Å². The lowest BCUT2D eigenvalue weighted by Crippen LogP contribution is -2.42. The molecule has 1 aromatic heterocycles. The highest BCUT2D eigenvalue weighted by Gasteiger charge is 2.28. The molecule has 2 rings (SSSR count). The Morgan fingerprint density at radius 1 is 1.50 bits per heavy atom. The molecule has 1 heterocycles. The maximum atomic E-state index is 11.7. The molecule has 0 saturated heterocycles. The summed E-state index contributed by atoms with van der Waals surface area (Å²) in [5.41, 5.74) is 0. The first-order valence-corrected chi connectivity index (χ1v) is 7.14. The second-order valence-corrected chi connectivity index (χ2v) is 5.34. The van der Waals surface area contributed by atoms with Crippen molar-refractivity contribution in [2.75, 3.05) is 12.4 Å². The quantitative estimate of drug-likeness (QED) is 0.524. The maximum absolute atomic E-state index is 11.7. The summed E-state index contributed by atoms with van der Waals surface area (Å²) in [5, 5.41) is 31.7. The minimum absolute atomic E-state index is 0.0223. The van der Waals surface area contributed by atoms with E-state index in [4.69, 9.17) is 10.2 Å². The molecule has 9 nitrogen and oxygen atoms in total. The predicted octanol–water partition coefficient (Wildman–Crippen LogP) is -0.948. The van der Waals surface area contributed by atoms with Crippen LogP contribution in [0, 0.1) is 0 Å². The molecular weight excluding hydrogens is 286 g/mol. The third kappa shape index (κ3) is 3.90. The summed E-state index contributed by atoms with van der Waals surface area (Å²) < 4.78 is 1.68. The minimum atomic E-state index is -1.17. The van der Waals surface area contributed by atoms with Gasteiger partial charge in [0, 0.05) is 13.0 Å². The largest absolute Gasteiger partial charge is 0.480 e. The van der Waals surface area contributed by atoms with Gasteiger partial charge in [0.05, 0.1) is 11.8 Å². The number of carboxylic acids is 1. The average Bonchev–Trinajstić information content (AvgIpc) is 3.14. The fourth-order valence-electron chi connectivity index (χ4n) is 1.58. The summed E-state index contributed by atoms with van der Waals surface area (Å²) in [5.74, 6) is -1.57. The van der Waals surface area contributed by atoms with Crippen molar-refractivity contribution in [3.05, 3.63) is 0 Å². The topological polar surface area (TPSA) is 130 Å². The molecule has 1 atom stereocenters. The standard InChI is InChI=1S/C10H15N5O4S/c16-4-3-7(9(18)19)11-8(17)5-20-10-12-13-14-15(10)6-1-2-6/h6-7,16H,1-5H2,(H,11,17)(H,18,19)/t7-/m0/s1. The Labute approximate surface area is 118 Å². The number of nitrogens with one attached hydrogen (secondary N) is 1. The van der Waals surface area contributed by atoms with E-state index in [2.05, 4.69) is 20.8 Å². The summed E-state index contributed by atoms with van der Waals surface area (Å²) in [6, 6.07) is -0.760. The second-order valence-electron chi connectivity index (χ2n) is 4.40. The molecule has 1 amide bonds. The van der Waals surface area contributed by atoms with E-state index in [1.165, 1.54) is 0 Å². The van der Waals surface area contributed by atoms with Crippen molar-refractivity contribution in [2.45, 2.75) is 36.5 Å². The molecule has 0 radical (unpaired) electrons. The lowest BCUT2D eigenvalue weighted by atomic mass is 10.2. The van der Waals surface area contributed by atoms with Crippen molar-refractivity contribution in [2.24, 2.45) is 0 Å². The van der Waals surface area contributed by atoms with E-state index < -0.39 is 17.9 Å². The first-order valence-electron chi connectivity index (χ1n) is 6.15. The zero-order valence-corrected chi connectivity index (χ0v) is 11.4. The van der Waals surface area contributed by atoms with Crippen molar-refractivity contribution >= 4 is 23.6 Å². The van der Waals surface area contributed by atoms with Crippen molar-refractivity contribution in [1.29, 1.82) is 0 Å². The molecule has 0 unspecified atom stereocenters. The molecule has 3 N–H and O–H groups in total. The number of carbonyl (C=O) groups excluding carboxylic acids is 1. The number of hydrogen-bond acceptors (Lipinski definition) is 7. The Morgan fingerprint density at radius 2 is 2.25 bits per heavy atom. The lowest BCUT2D eigenvalue weighted by molar-refractivity contribution is -0.141. The number of tetrazole rings is 1. The molecule has 110 valence electrons. The molecule has 20 heavy (non-hydrogen) atoms. The van der Waals surface area contributed by atoms with Gasteiger partial charge in [-0.3, -0.25) is 4.79 Å². The number of amides is 1. The molecular formula is C10H15N5O4S. The van der Waals surface area contributed by atoms with Crippen molar-refractivity contribution < 1.29 is 19.8 Å². The molecule has 0 bridgehead atoms. The van der Waals surface area contributed by atoms with E-state index in [0.717, 1.165) is 24.6 Å². The molecule has 1 aromatic rings. The van der Waals surface area contributed by atoms with Gasteiger partial charge >= 0.3 is 5.97 Å². The summed E-state index contributed by atoms with van der Waals surface area (Å²) in [4.78, 5) is 22.5. The van der Waals surface area contributed by atoms with Crippen LogP contribution in [-0.4, -0.2) is 60.7 Å². The number of aliphatic carboxylic acids is 1. The summed E-state index contributed by atoms with van der Waals surface area (Å²) >= 11 is 1.16. The lowest BCUT2D eigenvalue weighted by Gasteiger charge is -2.12. The number of rotatable bonds is 8. The van der Waals surface area contributed by atoms with Crippen LogP contribution < -0.4 is 5.32 Å². The first kappa shape index (κ1) is 14.7. The fraction of sp³-hybridized carbons (Fsp3) is 0.700. The Bertz CT molecular complexity index is 490. The van der Waals surface area contributed by atoms with Gasteiger partial charge in [0.2, 0.25) is 11.1 Å². The van der Waals surface area contributed by atoms with Crippen LogP contribution in [0.1, 0.15) is 25.3 Å². The van der Waals surface area contributed by atoms with Gasteiger partial charge in [-0.15, -0.1) is 5.10 Å². The van der Waals surface area contributed by atoms with Gasteiger partial charge in [-0.2, -0.15) is 0 Å². The molecule has 1 aliphatic carbocycles. The van der Waals surface area contributed by atoms with Crippen LogP contribution in [0.2, 0.25) is 0 Å². The summed E-state index contributed by atoms with van der Waals surface area (Å²) in [6.07, 6.45) is 2.04. The Hall–Kier alpha value is -1.68. The monoisotopic (exact) mass is 301 g/mol. The molecule has 1 aliphatic rings. The van der Waals surface area contributed by atoms with Gasteiger partial charge in [-0.25, -0.2) is 9.48 Å². The third-order valence-electron chi connectivity index (χ3n) is 2.74. The van der Waals surface area contributed by atoms with Crippen molar-refractivity contribution in [1.82, 2.24) is 25.5 Å². The molecule has 0 aliphatic heterocycles. The van der Waals surface area contributed by atoms with E-state index in [1.54, 1.807) is 4.68 Å². The van der Waals surface area contributed by atoms with Crippen LogP contribution >= 0.6 is 11.8 Å². The van der Waals surface area contributed by atoms with Crippen molar-refractivity contribution in [3.8, 4) is 0 Å². The highest BCUT2D eigenvalue weighted by Crippen LogP contribution is 2.36. The number of carboxylic acid groups (broad SMARTS) is 1. The Kier molecular flexibility index (Phi) is 4.90. The number of aliphatic hydroxyl groups excluding tert-OH is 1. The second kappa shape index (κ2) is 6.66. The van der Waals surface area contributed by atoms with Crippen LogP contribution in [0.4, 0.5) is 0 Å². The van der Waals surface area contributed by atoms with Gasteiger partial charge in [-0.1, -0.05) is 11.8 Å². The number of thioether (sulfide) groups is 1. The number of aromatic nitrogens is 4. The predicted molar refractivity (Wildman–Crippen MR) is 68.1 cm³/mol. The van der Waals surface area contributed by atoms with Gasteiger partial charge in [0.15, 0.2) is 0 Å². The van der Waals surface area contributed by atoms with Crippen LogP contribution in [0.15, 0.2) is 5.16 Å². The zero-order valence-electron chi connectivity index (χ0n) is 10.6. The van der Waals surface area contributed by atoms with Crippen molar-refractivity contribution in [3.63, 3.8) is 0 Å². The Balaban J connectivity index is 1.82. The number of carbonyl (C=O) groups is 2. The summed E-state index contributed by atoms with van der Waals surface area (Å²) in [6.45, 7) is -0.301. The van der Waals surface area contributed by atoms with Gasteiger partial charge in [-0.05, 0) is 23.3 Å². The Morgan fingerprint density at radius 3 is 2.85 bits per heavy atom. The fourth-order valence-corrected chi connectivity index (χ4v) is 2.34. The number of nitrogens with zero attached hydrogens (tertiary/aromatic N) is 4. The zero-order chi connectivity index (χ0) is 14.5. The maximum Gasteiger partial charge on any atom is 0.326 e. The van der Waals surface area contributed by atoms with E-state index in [0.29, 0.717) is 11.2 Å². The van der Waals surface area contributed by atoms with Crippen LogP contribution in [-0.2, 0) is 9.59 Å². The van der Waals surface area contributed by atoms with E-state index in [1.807, 2.05) is 0 Å². The molecule has 0 aromatic carbocycles. The van der Waals surface area contributed by atoms with E-state index in [-0.39, 0.29) is 18.8 Å².